The third-order valence-electron chi connectivity index (χ3n) is 1.61. The number of imidazole rings is 1. The van der Waals surface area contributed by atoms with Gasteiger partial charge in [-0.05, 0) is 15.9 Å². The Bertz CT molecular complexity index is 378. The zero-order chi connectivity index (χ0) is 11.5. The lowest BCUT2D eigenvalue weighted by molar-refractivity contribution is 0.108. The summed E-state index contributed by atoms with van der Waals surface area (Å²) >= 11 is 3.27. The van der Waals surface area contributed by atoms with Crippen molar-refractivity contribution in [3.63, 3.8) is 0 Å². The van der Waals surface area contributed by atoms with E-state index >= 15 is 0 Å². The average Bonchev–Trinajstić information content (AvgIpc) is 2.45. The van der Waals surface area contributed by atoms with E-state index in [9.17, 15) is 0 Å². The Morgan fingerprint density at radius 2 is 2.27 bits per heavy atom. The number of ether oxygens (including phenoxy) is 1. The number of halogens is 1. The second kappa shape index (κ2) is 4.92. The first-order valence-electron chi connectivity index (χ1n) is 4.63. The van der Waals surface area contributed by atoms with E-state index < -0.39 is 8.07 Å². The molecule has 6 heteroatoms. The van der Waals surface area contributed by atoms with Crippen LogP contribution in [-0.2, 0) is 11.5 Å². The molecule has 0 spiro atoms. The number of nitriles is 1. The topological polar surface area (TPSA) is 50.8 Å². The molecule has 0 amide bonds. The maximum Gasteiger partial charge on any atom is 0.180 e. The molecule has 0 saturated carbocycles. The van der Waals surface area contributed by atoms with Crippen LogP contribution in [0.2, 0.25) is 19.6 Å². The Morgan fingerprint density at radius 3 is 2.73 bits per heavy atom. The van der Waals surface area contributed by atoms with Crippen molar-refractivity contribution in [3.05, 3.63) is 16.6 Å². The molecule has 0 atom stereocenters. The van der Waals surface area contributed by atoms with Gasteiger partial charge >= 0.3 is 0 Å². The summed E-state index contributed by atoms with van der Waals surface area (Å²) in [6, 6.07) is 1.99. The molecule has 0 bridgehead atoms. The minimum absolute atomic E-state index is 0.401. The zero-order valence-electron chi connectivity index (χ0n) is 9.12. The van der Waals surface area contributed by atoms with Gasteiger partial charge in [0.05, 0.1) is 8.07 Å². The number of hydrogen-bond acceptors (Lipinski definition) is 3. The van der Waals surface area contributed by atoms with E-state index in [2.05, 4.69) is 40.6 Å². The van der Waals surface area contributed by atoms with E-state index in [0.29, 0.717) is 17.2 Å². The second-order valence-corrected chi connectivity index (χ2v) is 10.6. The fourth-order valence-electron chi connectivity index (χ4n) is 0.988. The lowest BCUT2D eigenvalue weighted by Gasteiger charge is -2.16. The minimum Gasteiger partial charge on any atom is -0.364 e. The molecule has 1 aromatic rings. The maximum atomic E-state index is 8.65. The largest absolute Gasteiger partial charge is 0.364 e. The van der Waals surface area contributed by atoms with Crippen LogP contribution in [0.25, 0.3) is 0 Å². The van der Waals surface area contributed by atoms with E-state index in [1.54, 1.807) is 10.8 Å². The molecule has 15 heavy (non-hydrogen) atoms. The van der Waals surface area contributed by atoms with Gasteiger partial charge < -0.3 is 9.30 Å². The Kier molecular flexibility index (Phi) is 4.08. The summed E-state index contributed by atoms with van der Waals surface area (Å²) in [5.74, 6) is 0. The van der Waals surface area contributed by atoms with Crippen LogP contribution in [0, 0.1) is 11.3 Å². The van der Waals surface area contributed by atoms with Gasteiger partial charge in [-0.1, -0.05) is 19.6 Å². The van der Waals surface area contributed by atoms with Crippen molar-refractivity contribution in [1.29, 1.82) is 5.26 Å². The maximum absolute atomic E-state index is 8.65. The fraction of sp³-hybridized carbons (Fsp3) is 0.556. The van der Waals surface area contributed by atoms with Crippen LogP contribution in [0.4, 0.5) is 0 Å². The number of aromatic nitrogens is 2. The second-order valence-electron chi connectivity index (χ2n) is 4.51. The molecule has 1 rings (SSSR count). The van der Waals surface area contributed by atoms with Crippen LogP contribution in [0.1, 0.15) is 5.69 Å². The van der Waals surface area contributed by atoms with Crippen molar-refractivity contribution in [1.82, 2.24) is 9.55 Å². The van der Waals surface area contributed by atoms with Gasteiger partial charge in [-0.2, -0.15) is 5.26 Å². The summed E-state index contributed by atoms with van der Waals surface area (Å²) in [6.45, 7) is 7.18. The van der Waals surface area contributed by atoms with Crippen LogP contribution in [0.3, 0.4) is 0 Å². The summed E-state index contributed by atoms with van der Waals surface area (Å²) in [6.07, 6.45) is 2.48. The molecule has 0 aliphatic heterocycles. The Morgan fingerprint density at radius 1 is 1.60 bits per heavy atom. The third-order valence-corrected chi connectivity index (χ3v) is 3.31. The molecule has 4 nitrogen and oxygen atoms in total. The van der Waals surface area contributed by atoms with Gasteiger partial charge in [0.15, 0.2) is 10.4 Å². The van der Waals surface area contributed by atoms with Crippen molar-refractivity contribution in [2.75, 3.05) is 6.23 Å². The van der Waals surface area contributed by atoms with Crippen molar-refractivity contribution in [2.45, 2.75) is 26.4 Å². The van der Waals surface area contributed by atoms with Gasteiger partial charge in [0, 0.05) is 12.4 Å². The van der Waals surface area contributed by atoms with Crippen LogP contribution in [0.5, 0.6) is 0 Å². The first-order valence-corrected chi connectivity index (χ1v) is 9.13. The summed E-state index contributed by atoms with van der Waals surface area (Å²) in [5.41, 5.74) is 0.401. The molecule has 0 saturated heterocycles. The highest BCUT2D eigenvalue weighted by Gasteiger charge is 2.13. The first kappa shape index (κ1) is 12.4. The molecule has 0 N–H and O–H groups in total. The molecule has 0 fully saturated rings. The van der Waals surface area contributed by atoms with E-state index in [1.807, 2.05) is 6.07 Å². The molecule has 0 aromatic carbocycles. The number of nitrogens with zero attached hydrogens (tertiary/aromatic N) is 3. The van der Waals surface area contributed by atoms with Crippen molar-refractivity contribution in [2.24, 2.45) is 0 Å². The molecular weight excluding hydrogens is 274 g/mol. The Labute approximate surface area is 99.0 Å². The van der Waals surface area contributed by atoms with Gasteiger partial charge in [0.25, 0.3) is 0 Å². The molecule has 0 radical (unpaired) electrons. The summed E-state index contributed by atoms with van der Waals surface area (Å²) in [7, 11) is -1.17. The van der Waals surface area contributed by atoms with E-state index in [4.69, 9.17) is 10.00 Å². The standard InChI is InChI=1S/C9H14BrN3OSi/c1-15(2,3)7-14-6-13-5-8(4-11)12-9(13)10/h5H,6-7H2,1-3H3. The third kappa shape index (κ3) is 4.16. The van der Waals surface area contributed by atoms with Gasteiger partial charge in [0.2, 0.25) is 0 Å². The SMILES string of the molecule is C[Si](C)(C)COCn1cc(C#N)nc1Br. The normalized spacial score (nSPS) is 11.4. The molecule has 0 aliphatic carbocycles. The Balaban J connectivity index is 2.51. The van der Waals surface area contributed by atoms with Gasteiger partial charge in [-0.25, -0.2) is 4.98 Å². The monoisotopic (exact) mass is 287 g/mol. The highest BCUT2D eigenvalue weighted by Crippen LogP contribution is 2.10. The molecule has 0 aliphatic rings. The van der Waals surface area contributed by atoms with Crippen LogP contribution in [-0.4, -0.2) is 23.9 Å². The first-order chi connectivity index (χ1) is 6.92. The molecule has 82 valence electrons. The highest BCUT2D eigenvalue weighted by molar-refractivity contribution is 9.10. The lowest BCUT2D eigenvalue weighted by Crippen LogP contribution is -2.28. The fourth-order valence-corrected chi connectivity index (χ4v) is 2.09. The predicted octanol–water partition coefficient (Wildman–Crippen LogP) is 2.37. The zero-order valence-corrected chi connectivity index (χ0v) is 11.7. The summed E-state index contributed by atoms with van der Waals surface area (Å²) in [4.78, 5) is 3.99. The molecular formula is C9H14BrN3OSi. The molecule has 1 heterocycles. The molecule has 1 aromatic heterocycles. The van der Waals surface area contributed by atoms with Crippen molar-refractivity contribution >= 4 is 24.0 Å². The van der Waals surface area contributed by atoms with E-state index in [-0.39, 0.29) is 0 Å². The highest BCUT2D eigenvalue weighted by atomic mass is 79.9. The minimum atomic E-state index is -1.17. The number of hydrogen-bond donors (Lipinski definition) is 0. The average molecular weight is 288 g/mol. The van der Waals surface area contributed by atoms with Gasteiger partial charge in [-0.15, -0.1) is 0 Å². The van der Waals surface area contributed by atoms with Crippen LogP contribution >= 0.6 is 15.9 Å². The van der Waals surface area contributed by atoms with Crippen molar-refractivity contribution < 1.29 is 4.74 Å². The number of rotatable bonds is 4. The van der Waals surface area contributed by atoms with Crippen molar-refractivity contribution in [3.8, 4) is 6.07 Å². The van der Waals surface area contributed by atoms with Crippen LogP contribution < -0.4 is 0 Å². The summed E-state index contributed by atoms with van der Waals surface area (Å²) < 4.78 is 7.98. The Hall–Kier alpha value is -0.643. The quantitative estimate of drug-likeness (QED) is 0.799. The molecule has 0 unspecified atom stereocenters. The van der Waals surface area contributed by atoms with Gasteiger partial charge in [0.1, 0.15) is 12.8 Å². The van der Waals surface area contributed by atoms with E-state index in [0.717, 1.165) is 6.23 Å². The lowest BCUT2D eigenvalue weighted by atomic mass is 10.5. The smallest absolute Gasteiger partial charge is 0.180 e. The van der Waals surface area contributed by atoms with Crippen LogP contribution in [0.15, 0.2) is 10.9 Å². The van der Waals surface area contributed by atoms with E-state index in [1.165, 1.54) is 0 Å². The van der Waals surface area contributed by atoms with Gasteiger partial charge in [-0.3, -0.25) is 0 Å². The summed E-state index contributed by atoms with van der Waals surface area (Å²) in [5, 5.41) is 8.65. The predicted molar refractivity (Wildman–Crippen MR) is 63.9 cm³/mol.